The van der Waals surface area contributed by atoms with Crippen LogP contribution in [0.5, 0.6) is 0 Å². The quantitative estimate of drug-likeness (QED) is 0.874. The van der Waals surface area contributed by atoms with Gasteiger partial charge in [-0.05, 0) is 43.2 Å². The lowest BCUT2D eigenvalue weighted by molar-refractivity contribution is 0.0950. The standard InChI is InChI=1S/C14H16N4O/c1-9-7-13(15)18-10(2)12(9)8-17-14(19)11-3-5-16-6-4-11/h3-7H,8H2,1-2H3,(H2,15,18)(H,17,19). The zero-order valence-corrected chi connectivity index (χ0v) is 11.0. The molecule has 0 atom stereocenters. The number of aryl methyl sites for hydroxylation is 2. The minimum Gasteiger partial charge on any atom is -0.384 e. The first-order chi connectivity index (χ1) is 9.08. The summed E-state index contributed by atoms with van der Waals surface area (Å²) in [4.78, 5) is 20.0. The highest BCUT2D eigenvalue weighted by atomic mass is 16.1. The maximum absolute atomic E-state index is 11.9. The molecule has 5 heteroatoms. The molecule has 2 heterocycles. The number of carbonyl (C=O) groups excluding carboxylic acids is 1. The van der Waals surface area contributed by atoms with Gasteiger partial charge in [0.1, 0.15) is 5.82 Å². The fraction of sp³-hybridized carbons (Fsp3) is 0.214. The first kappa shape index (κ1) is 13.0. The molecule has 0 aliphatic rings. The molecule has 1 amide bonds. The normalized spacial score (nSPS) is 10.2. The highest BCUT2D eigenvalue weighted by Crippen LogP contribution is 2.14. The van der Waals surface area contributed by atoms with Crippen LogP contribution in [-0.4, -0.2) is 15.9 Å². The van der Waals surface area contributed by atoms with Crippen molar-refractivity contribution in [1.29, 1.82) is 0 Å². The van der Waals surface area contributed by atoms with Crippen LogP contribution in [0.2, 0.25) is 0 Å². The van der Waals surface area contributed by atoms with Gasteiger partial charge >= 0.3 is 0 Å². The summed E-state index contributed by atoms with van der Waals surface area (Å²) in [6.07, 6.45) is 3.19. The predicted molar refractivity (Wildman–Crippen MR) is 73.5 cm³/mol. The molecule has 2 aromatic heterocycles. The number of nitrogens with one attached hydrogen (secondary N) is 1. The maximum Gasteiger partial charge on any atom is 0.251 e. The third-order valence-corrected chi connectivity index (χ3v) is 2.94. The Morgan fingerprint density at radius 1 is 1.32 bits per heavy atom. The van der Waals surface area contributed by atoms with E-state index in [1.807, 2.05) is 13.8 Å². The Hall–Kier alpha value is -2.43. The molecule has 0 aromatic carbocycles. The number of anilines is 1. The number of aromatic nitrogens is 2. The molecule has 3 N–H and O–H groups in total. The minimum atomic E-state index is -0.127. The topological polar surface area (TPSA) is 80.9 Å². The molecule has 0 aliphatic heterocycles. The zero-order chi connectivity index (χ0) is 13.8. The van der Waals surface area contributed by atoms with Crippen LogP contribution in [0.4, 0.5) is 5.82 Å². The van der Waals surface area contributed by atoms with Crippen molar-refractivity contribution in [3.63, 3.8) is 0 Å². The van der Waals surface area contributed by atoms with E-state index in [-0.39, 0.29) is 5.91 Å². The number of nitrogen functional groups attached to an aromatic ring is 1. The van der Waals surface area contributed by atoms with Gasteiger partial charge in [-0.3, -0.25) is 9.78 Å². The minimum absolute atomic E-state index is 0.127. The van der Waals surface area contributed by atoms with E-state index in [1.54, 1.807) is 30.6 Å². The SMILES string of the molecule is Cc1cc(N)nc(C)c1CNC(=O)c1ccncc1. The average molecular weight is 256 g/mol. The lowest BCUT2D eigenvalue weighted by Gasteiger charge is -2.11. The number of nitrogens with zero attached hydrogens (tertiary/aromatic N) is 2. The maximum atomic E-state index is 11.9. The molecule has 5 nitrogen and oxygen atoms in total. The number of carbonyl (C=O) groups is 1. The van der Waals surface area contributed by atoms with Crippen molar-refractivity contribution in [2.24, 2.45) is 0 Å². The van der Waals surface area contributed by atoms with E-state index in [2.05, 4.69) is 15.3 Å². The predicted octanol–water partition coefficient (Wildman–Crippen LogP) is 1.61. The first-order valence-electron chi connectivity index (χ1n) is 5.98. The van der Waals surface area contributed by atoms with Crippen LogP contribution in [0.25, 0.3) is 0 Å². The van der Waals surface area contributed by atoms with Crippen LogP contribution < -0.4 is 11.1 Å². The summed E-state index contributed by atoms with van der Waals surface area (Å²) >= 11 is 0. The van der Waals surface area contributed by atoms with E-state index in [1.165, 1.54) is 0 Å². The van der Waals surface area contributed by atoms with Gasteiger partial charge in [0, 0.05) is 30.2 Å². The van der Waals surface area contributed by atoms with E-state index in [0.717, 1.165) is 16.8 Å². The molecule has 0 spiro atoms. The molecule has 0 bridgehead atoms. The lowest BCUT2D eigenvalue weighted by Crippen LogP contribution is -2.24. The third kappa shape index (κ3) is 3.07. The Labute approximate surface area is 111 Å². The smallest absolute Gasteiger partial charge is 0.251 e. The second-order valence-electron chi connectivity index (χ2n) is 4.35. The zero-order valence-electron chi connectivity index (χ0n) is 11.0. The molecular weight excluding hydrogens is 240 g/mol. The Kier molecular flexibility index (Phi) is 3.75. The van der Waals surface area contributed by atoms with Gasteiger partial charge in [-0.25, -0.2) is 4.98 Å². The summed E-state index contributed by atoms with van der Waals surface area (Å²) in [5, 5.41) is 2.87. The molecule has 2 aromatic rings. The van der Waals surface area contributed by atoms with Crippen molar-refractivity contribution >= 4 is 11.7 Å². The Bertz CT molecular complexity index is 573. The van der Waals surface area contributed by atoms with Crippen LogP contribution >= 0.6 is 0 Å². The van der Waals surface area contributed by atoms with Crippen LogP contribution in [0.3, 0.4) is 0 Å². The fourth-order valence-corrected chi connectivity index (χ4v) is 1.93. The largest absolute Gasteiger partial charge is 0.384 e. The molecule has 0 unspecified atom stereocenters. The van der Waals surface area contributed by atoms with Crippen LogP contribution in [0, 0.1) is 13.8 Å². The van der Waals surface area contributed by atoms with Crippen LogP contribution in [0.1, 0.15) is 27.2 Å². The number of hydrogen-bond donors (Lipinski definition) is 2. The molecule has 0 saturated heterocycles. The first-order valence-corrected chi connectivity index (χ1v) is 5.98. The molecule has 0 saturated carbocycles. The molecule has 98 valence electrons. The number of nitrogens with two attached hydrogens (primary N) is 1. The van der Waals surface area contributed by atoms with Gasteiger partial charge in [-0.1, -0.05) is 0 Å². The van der Waals surface area contributed by atoms with Crippen molar-refractivity contribution in [3.05, 3.63) is 53.0 Å². The van der Waals surface area contributed by atoms with E-state index in [9.17, 15) is 4.79 Å². The van der Waals surface area contributed by atoms with Gasteiger partial charge in [0.25, 0.3) is 5.91 Å². The number of amides is 1. The number of hydrogen-bond acceptors (Lipinski definition) is 4. The van der Waals surface area contributed by atoms with E-state index in [4.69, 9.17) is 5.73 Å². The van der Waals surface area contributed by atoms with Crippen LogP contribution in [-0.2, 0) is 6.54 Å². The summed E-state index contributed by atoms with van der Waals surface area (Å²) in [6.45, 7) is 4.28. The van der Waals surface area contributed by atoms with Gasteiger partial charge in [0.2, 0.25) is 0 Å². The summed E-state index contributed by atoms with van der Waals surface area (Å²) in [6, 6.07) is 5.16. The summed E-state index contributed by atoms with van der Waals surface area (Å²) in [7, 11) is 0. The molecule has 0 radical (unpaired) electrons. The Balaban J connectivity index is 2.10. The van der Waals surface area contributed by atoms with Crippen LogP contribution in [0.15, 0.2) is 30.6 Å². The summed E-state index contributed by atoms with van der Waals surface area (Å²) < 4.78 is 0. The Morgan fingerprint density at radius 2 is 2.00 bits per heavy atom. The molecule has 0 aliphatic carbocycles. The summed E-state index contributed by atoms with van der Waals surface area (Å²) in [5.74, 6) is 0.372. The van der Waals surface area contributed by atoms with Crippen molar-refractivity contribution in [1.82, 2.24) is 15.3 Å². The Morgan fingerprint density at radius 3 is 2.63 bits per heavy atom. The van der Waals surface area contributed by atoms with E-state index in [0.29, 0.717) is 17.9 Å². The van der Waals surface area contributed by atoms with Crippen molar-refractivity contribution in [2.75, 3.05) is 5.73 Å². The third-order valence-electron chi connectivity index (χ3n) is 2.94. The number of rotatable bonds is 3. The van der Waals surface area contributed by atoms with Crippen molar-refractivity contribution in [2.45, 2.75) is 20.4 Å². The lowest BCUT2D eigenvalue weighted by atomic mass is 10.1. The molecule has 2 rings (SSSR count). The van der Waals surface area contributed by atoms with Gasteiger partial charge in [0.05, 0.1) is 0 Å². The highest BCUT2D eigenvalue weighted by Gasteiger charge is 2.08. The van der Waals surface area contributed by atoms with Gasteiger partial charge in [0.15, 0.2) is 0 Å². The van der Waals surface area contributed by atoms with Gasteiger partial charge < -0.3 is 11.1 Å². The van der Waals surface area contributed by atoms with E-state index >= 15 is 0 Å². The molecular formula is C14H16N4O. The molecule has 0 fully saturated rings. The highest BCUT2D eigenvalue weighted by molar-refractivity contribution is 5.93. The number of pyridine rings is 2. The summed E-state index contributed by atoms with van der Waals surface area (Å²) in [5.41, 5.74) is 9.13. The monoisotopic (exact) mass is 256 g/mol. The van der Waals surface area contributed by atoms with E-state index < -0.39 is 0 Å². The average Bonchev–Trinajstić information content (AvgIpc) is 2.38. The van der Waals surface area contributed by atoms with Gasteiger partial charge in [-0.2, -0.15) is 0 Å². The van der Waals surface area contributed by atoms with Gasteiger partial charge in [-0.15, -0.1) is 0 Å². The second-order valence-corrected chi connectivity index (χ2v) is 4.35. The molecule has 19 heavy (non-hydrogen) atoms. The van der Waals surface area contributed by atoms with Crippen molar-refractivity contribution in [3.8, 4) is 0 Å². The second kappa shape index (κ2) is 5.48. The fourth-order valence-electron chi connectivity index (χ4n) is 1.93. The van der Waals surface area contributed by atoms with Crippen molar-refractivity contribution < 1.29 is 4.79 Å².